The van der Waals surface area contributed by atoms with Gasteiger partial charge in [-0.3, -0.25) is 4.90 Å². The van der Waals surface area contributed by atoms with E-state index in [1.807, 2.05) is 14.1 Å². The summed E-state index contributed by atoms with van der Waals surface area (Å²) in [5.74, 6) is 0.548. The summed E-state index contributed by atoms with van der Waals surface area (Å²) in [5.41, 5.74) is 5.63. The minimum absolute atomic E-state index is 0.226. The third-order valence-electron chi connectivity index (χ3n) is 3.95. The fourth-order valence-electron chi connectivity index (χ4n) is 2.89. The summed E-state index contributed by atoms with van der Waals surface area (Å²) in [5, 5.41) is 0. The molecule has 1 heterocycles. The molecule has 0 aliphatic carbocycles. The summed E-state index contributed by atoms with van der Waals surface area (Å²) in [6.07, 6.45) is 2.66. The summed E-state index contributed by atoms with van der Waals surface area (Å²) in [6.45, 7) is 5.29. The normalized spacial score (nSPS) is 27.1. The minimum Gasteiger partial charge on any atom is -0.329 e. The Morgan fingerprint density at radius 2 is 1.89 bits per heavy atom. The lowest BCUT2D eigenvalue weighted by Gasteiger charge is -2.45. The van der Waals surface area contributed by atoms with E-state index in [0.29, 0.717) is 12.3 Å². The first-order valence-electron chi connectivity index (χ1n) is 7.15. The Kier molecular flexibility index (Phi) is 6.23. The van der Waals surface area contributed by atoms with Gasteiger partial charge in [0, 0.05) is 25.2 Å². The van der Waals surface area contributed by atoms with Crippen molar-refractivity contribution in [2.75, 3.05) is 51.8 Å². The van der Waals surface area contributed by atoms with Gasteiger partial charge in [0.05, 0.1) is 11.5 Å². The van der Waals surface area contributed by atoms with Gasteiger partial charge in [-0.15, -0.1) is 0 Å². The molecule has 5 nitrogen and oxygen atoms in total. The molecule has 0 aromatic rings. The molecule has 6 heteroatoms. The molecule has 0 saturated carbocycles. The highest BCUT2D eigenvalue weighted by atomic mass is 32.2. The van der Waals surface area contributed by atoms with Crippen LogP contribution in [0.25, 0.3) is 0 Å². The minimum atomic E-state index is -2.94. The van der Waals surface area contributed by atoms with Gasteiger partial charge >= 0.3 is 0 Å². The third-order valence-corrected chi connectivity index (χ3v) is 5.84. The van der Waals surface area contributed by atoms with Crippen LogP contribution in [0, 0.1) is 0 Å². The van der Waals surface area contributed by atoms with Gasteiger partial charge in [0.1, 0.15) is 0 Å². The molecule has 2 N–H and O–H groups in total. The Morgan fingerprint density at radius 1 is 1.21 bits per heavy atom. The van der Waals surface area contributed by atoms with E-state index in [1.165, 1.54) is 0 Å². The number of hydrogen-bond acceptors (Lipinski definition) is 5. The van der Waals surface area contributed by atoms with Crippen molar-refractivity contribution in [3.8, 4) is 0 Å². The average molecular weight is 291 g/mol. The summed E-state index contributed by atoms with van der Waals surface area (Å²) in [4.78, 5) is 4.44. The predicted molar refractivity (Wildman–Crippen MR) is 80.1 cm³/mol. The Labute approximate surface area is 118 Å². The lowest BCUT2D eigenvalue weighted by atomic mass is 9.92. The molecule has 1 aliphatic rings. The van der Waals surface area contributed by atoms with Crippen molar-refractivity contribution in [1.29, 1.82) is 0 Å². The quantitative estimate of drug-likeness (QED) is 0.724. The van der Waals surface area contributed by atoms with Gasteiger partial charge in [0.2, 0.25) is 0 Å². The van der Waals surface area contributed by atoms with Gasteiger partial charge in [0.15, 0.2) is 9.84 Å². The molecule has 1 atom stereocenters. The number of nitrogens with zero attached hydrogens (tertiary/aromatic N) is 2. The van der Waals surface area contributed by atoms with Gasteiger partial charge < -0.3 is 10.6 Å². The zero-order valence-electron chi connectivity index (χ0n) is 12.6. The summed E-state index contributed by atoms with van der Waals surface area (Å²) in [7, 11) is 1.14. The van der Waals surface area contributed by atoms with Gasteiger partial charge in [-0.25, -0.2) is 8.42 Å². The van der Waals surface area contributed by atoms with Gasteiger partial charge in [-0.05, 0) is 39.9 Å². The maximum Gasteiger partial charge on any atom is 0.152 e. The fourth-order valence-corrected chi connectivity index (χ4v) is 4.88. The molecule has 114 valence electrons. The second-order valence-electron chi connectivity index (χ2n) is 5.91. The third kappa shape index (κ3) is 4.70. The molecule has 1 unspecified atom stereocenters. The molecule has 0 bridgehead atoms. The molecule has 0 aromatic carbocycles. The van der Waals surface area contributed by atoms with Gasteiger partial charge in [0.25, 0.3) is 0 Å². The van der Waals surface area contributed by atoms with E-state index in [0.717, 1.165) is 38.9 Å². The Bertz CT molecular complexity index is 370. The number of sulfone groups is 1. The van der Waals surface area contributed by atoms with E-state index in [1.54, 1.807) is 0 Å². The monoisotopic (exact) mass is 291 g/mol. The number of nitrogens with two attached hydrogens (primary N) is 1. The van der Waals surface area contributed by atoms with Crippen LogP contribution >= 0.6 is 0 Å². The second-order valence-corrected chi connectivity index (χ2v) is 8.10. The average Bonchev–Trinajstić information content (AvgIpc) is 2.32. The van der Waals surface area contributed by atoms with Crippen LogP contribution < -0.4 is 5.73 Å². The second kappa shape index (κ2) is 7.02. The number of hydrogen-bond donors (Lipinski definition) is 1. The lowest BCUT2D eigenvalue weighted by Crippen LogP contribution is -2.61. The molecule has 0 amide bonds. The maximum atomic E-state index is 12.0. The number of likely N-dealkylation sites (N-methyl/N-ethyl adjacent to an activating group) is 1. The summed E-state index contributed by atoms with van der Waals surface area (Å²) < 4.78 is 24.0. The van der Waals surface area contributed by atoms with E-state index in [2.05, 4.69) is 16.7 Å². The van der Waals surface area contributed by atoms with Crippen LogP contribution in [0.4, 0.5) is 0 Å². The zero-order valence-corrected chi connectivity index (χ0v) is 13.4. The van der Waals surface area contributed by atoms with Crippen LogP contribution in [0.1, 0.15) is 26.2 Å². The van der Waals surface area contributed by atoms with Crippen LogP contribution in [-0.4, -0.2) is 75.5 Å². The van der Waals surface area contributed by atoms with E-state index >= 15 is 0 Å². The highest BCUT2D eigenvalue weighted by Gasteiger charge is 2.42. The van der Waals surface area contributed by atoms with Crippen molar-refractivity contribution in [3.05, 3.63) is 0 Å². The molecular weight excluding hydrogens is 262 g/mol. The van der Waals surface area contributed by atoms with Crippen molar-refractivity contribution < 1.29 is 8.42 Å². The van der Waals surface area contributed by atoms with E-state index in [4.69, 9.17) is 5.73 Å². The number of rotatable bonds is 7. The molecule has 0 radical (unpaired) electrons. The van der Waals surface area contributed by atoms with Crippen molar-refractivity contribution in [2.24, 2.45) is 5.73 Å². The molecule has 0 spiro atoms. The topological polar surface area (TPSA) is 66.6 Å². The molecule has 0 aromatic heterocycles. The van der Waals surface area contributed by atoms with Crippen LogP contribution in [0.2, 0.25) is 0 Å². The van der Waals surface area contributed by atoms with Crippen LogP contribution in [0.5, 0.6) is 0 Å². The van der Waals surface area contributed by atoms with Crippen molar-refractivity contribution in [3.63, 3.8) is 0 Å². The van der Waals surface area contributed by atoms with Crippen molar-refractivity contribution >= 4 is 9.84 Å². The first-order chi connectivity index (χ1) is 8.85. The standard InChI is InChI=1S/C13H29N3O2S/c1-4-7-16(9-8-15(2)3)13(11-14)6-5-10-19(17,18)12-13/h4-12,14H2,1-3H3. The van der Waals surface area contributed by atoms with Gasteiger partial charge in [-0.1, -0.05) is 6.92 Å². The van der Waals surface area contributed by atoms with E-state index in [-0.39, 0.29) is 11.3 Å². The van der Waals surface area contributed by atoms with Crippen LogP contribution in [0.15, 0.2) is 0 Å². The lowest BCUT2D eigenvalue weighted by molar-refractivity contribution is 0.0911. The van der Waals surface area contributed by atoms with Crippen LogP contribution in [0.3, 0.4) is 0 Å². The zero-order chi connectivity index (χ0) is 14.5. The first-order valence-corrected chi connectivity index (χ1v) is 8.97. The molecular formula is C13H29N3O2S. The Balaban J connectivity index is 2.87. The van der Waals surface area contributed by atoms with E-state index < -0.39 is 9.84 Å². The SMILES string of the molecule is CCCN(CCN(C)C)C1(CN)CCCS(=O)(=O)C1. The molecule has 1 rings (SSSR count). The largest absolute Gasteiger partial charge is 0.329 e. The fraction of sp³-hybridized carbons (Fsp3) is 1.00. The summed E-state index contributed by atoms with van der Waals surface area (Å²) in [6, 6.07) is 0. The Morgan fingerprint density at radius 3 is 2.37 bits per heavy atom. The molecule has 1 fully saturated rings. The predicted octanol–water partition coefficient (Wildman–Crippen LogP) is 0.166. The molecule has 1 aliphatic heterocycles. The molecule has 1 saturated heterocycles. The Hall–Kier alpha value is -0.170. The van der Waals surface area contributed by atoms with Crippen molar-refractivity contribution in [1.82, 2.24) is 9.80 Å². The van der Waals surface area contributed by atoms with Crippen LogP contribution in [-0.2, 0) is 9.84 Å². The van der Waals surface area contributed by atoms with Gasteiger partial charge in [-0.2, -0.15) is 0 Å². The smallest absolute Gasteiger partial charge is 0.152 e. The summed E-state index contributed by atoms with van der Waals surface area (Å²) >= 11 is 0. The highest BCUT2D eigenvalue weighted by molar-refractivity contribution is 7.91. The van der Waals surface area contributed by atoms with Crippen molar-refractivity contribution in [2.45, 2.75) is 31.7 Å². The van der Waals surface area contributed by atoms with E-state index in [9.17, 15) is 8.42 Å². The first kappa shape index (κ1) is 16.9. The molecule has 19 heavy (non-hydrogen) atoms. The highest BCUT2D eigenvalue weighted by Crippen LogP contribution is 2.28. The maximum absolute atomic E-state index is 12.0.